The van der Waals surface area contributed by atoms with Gasteiger partial charge in [0.1, 0.15) is 0 Å². The van der Waals surface area contributed by atoms with Crippen LogP contribution in [0.1, 0.15) is 38.2 Å². The number of nitrogens with one attached hydrogen (secondary N) is 1. The van der Waals surface area contributed by atoms with E-state index < -0.39 is 5.97 Å². The molecule has 0 radical (unpaired) electrons. The van der Waals surface area contributed by atoms with Crippen molar-refractivity contribution in [3.05, 3.63) is 36.2 Å². The van der Waals surface area contributed by atoms with Crippen molar-refractivity contribution in [3.63, 3.8) is 0 Å². The highest BCUT2D eigenvalue weighted by molar-refractivity contribution is 5.77. The molecule has 3 rings (SSSR count). The Morgan fingerprint density at radius 1 is 1.15 bits per heavy atom. The summed E-state index contributed by atoms with van der Waals surface area (Å²) in [5.74, 6) is -0.913. The number of carbonyl (C=O) groups excluding carboxylic acids is 1. The molecule has 0 bridgehead atoms. The van der Waals surface area contributed by atoms with Crippen LogP contribution in [0.25, 0.3) is 0 Å². The van der Waals surface area contributed by atoms with Crippen LogP contribution in [0.2, 0.25) is 0 Å². The number of amides is 1. The summed E-state index contributed by atoms with van der Waals surface area (Å²) in [5, 5.41) is 12.7. The van der Waals surface area contributed by atoms with Crippen LogP contribution >= 0.6 is 0 Å². The van der Waals surface area contributed by atoms with Crippen LogP contribution in [-0.4, -0.2) is 71.9 Å². The molecule has 1 aliphatic heterocycles. The fraction of sp³-hybridized carbons (Fsp3) is 0.478. The van der Waals surface area contributed by atoms with Crippen molar-refractivity contribution in [3.8, 4) is 6.01 Å². The summed E-state index contributed by atoms with van der Waals surface area (Å²) in [4.78, 5) is 35.5. The SMILES string of the molecule is CCOc1ncc(Nc2cc(C(CC)CC(=O)O)ccc2N2CCN(C(=O)OC)CC2)cn1. The molecule has 1 fully saturated rings. The number of piperazine rings is 1. The Bertz CT molecular complexity index is 945. The van der Waals surface area contributed by atoms with Gasteiger partial charge in [-0.15, -0.1) is 0 Å². The zero-order valence-electron chi connectivity index (χ0n) is 19.3. The first-order chi connectivity index (χ1) is 15.9. The third-order valence-corrected chi connectivity index (χ3v) is 5.64. The molecule has 2 aromatic rings. The van der Waals surface area contributed by atoms with E-state index in [2.05, 4.69) is 20.2 Å². The van der Waals surface area contributed by atoms with E-state index in [1.807, 2.05) is 32.0 Å². The largest absolute Gasteiger partial charge is 0.481 e. The summed E-state index contributed by atoms with van der Waals surface area (Å²) in [5.41, 5.74) is 3.43. The van der Waals surface area contributed by atoms with Gasteiger partial charge in [0.2, 0.25) is 0 Å². The summed E-state index contributed by atoms with van der Waals surface area (Å²) < 4.78 is 10.1. The molecular weight excluding hydrogens is 426 g/mol. The predicted octanol–water partition coefficient (Wildman–Crippen LogP) is 3.48. The molecule has 0 spiro atoms. The molecule has 1 aliphatic rings. The Labute approximate surface area is 193 Å². The van der Waals surface area contributed by atoms with E-state index in [9.17, 15) is 14.7 Å². The lowest BCUT2D eigenvalue weighted by molar-refractivity contribution is -0.137. The number of hydrogen-bond donors (Lipinski definition) is 2. The standard InChI is InChI=1S/C23H31N5O5/c1-4-16(13-21(29)30)17-6-7-20(27-8-10-28(11-9-27)23(31)32-3)19(12-17)26-18-14-24-22(25-15-18)33-5-2/h6-7,12,14-16,26H,4-5,8-11,13H2,1-3H3,(H,29,30). The van der Waals surface area contributed by atoms with Gasteiger partial charge in [-0.05, 0) is 37.0 Å². The number of benzene rings is 1. The van der Waals surface area contributed by atoms with Crippen LogP contribution < -0.4 is 15.0 Å². The van der Waals surface area contributed by atoms with Gasteiger partial charge in [0.15, 0.2) is 0 Å². The predicted molar refractivity (Wildman–Crippen MR) is 124 cm³/mol. The van der Waals surface area contributed by atoms with E-state index in [-0.39, 0.29) is 18.4 Å². The summed E-state index contributed by atoms with van der Waals surface area (Å²) in [6.07, 6.45) is 3.76. The molecule has 1 unspecified atom stereocenters. The van der Waals surface area contributed by atoms with Crippen molar-refractivity contribution >= 4 is 29.1 Å². The Morgan fingerprint density at radius 2 is 1.85 bits per heavy atom. The van der Waals surface area contributed by atoms with Gasteiger partial charge in [-0.2, -0.15) is 0 Å². The molecular formula is C23H31N5O5. The molecule has 2 N–H and O–H groups in total. The number of nitrogens with zero attached hydrogens (tertiary/aromatic N) is 4. The van der Waals surface area contributed by atoms with Crippen molar-refractivity contribution in [2.24, 2.45) is 0 Å². The first kappa shape index (κ1) is 24.1. The van der Waals surface area contributed by atoms with Gasteiger partial charge in [0, 0.05) is 26.2 Å². The lowest BCUT2D eigenvalue weighted by atomic mass is 9.92. The van der Waals surface area contributed by atoms with E-state index >= 15 is 0 Å². The smallest absolute Gasteiger partial charge is 0.409 e. The highest BCUT2D eigenvalue weighted by Gasteiger charge is 2.24. The van der Waals surface area contributed by atoms with Crippen molar-refractivity contribution in [2.75, 3.05) is 50.1 Å². The van der Waals surface area contributed by atoms with Gasteiger partial charge in [0.05, 0.1) is 49.6 Å². The summed E-state index contributed by atoms with van der Waals surface area (Å²) in [7, 11) is 1.38. The van der Waals surface area contributed by atoms with Crippen LogP contribution in [0.4, 0.5) is 21.9 Å². The second kappa shape index (κ2) is 11.3. The number of carboxylic acids is 1. The van der Waals surface area contributed by atoms with Crippen LogP contribution in [-0.2, 0) is 9.53 Å². The average Bonchev–Trinajstić information content (AvgIpc) is 2.83. The maximum atomic E-state index is 11.8. The average molecular weight is 458 g/mol. The fourth-order valence-electron chi connectivity index (χ4n) is 3.89. The Morgan fingerprint density at radius 3 is 2.42 bits per heavy atom. The second-order valence-electron chi connectivity index (χ2n) is 7.74. The zero-order valence-corrected chi connectivity index (χ0v) is 19.3. The molecule has 1 amide bonds. The zero-order chi connectivity index (χ0) is 23.8. The highest BCUT2D eigenvalue weighted by atomic mass is 16.5. The molecule has 1 aromatic heterocycles. The number of carboxylic acid groups (broad SMARTS) is 1. The lowest BCUT2D eigenvalue weighted by Gasteiger charge is -2.36. The minimum absolute atomic E-state index is 0.0687. The van der Waals surface area contributed by atoms with Gasteiger partial charge in [0.25, 0.3) is 0 Å². The van der Waals surface area contributed by atoms with E-state index in [4.69, 9.17) is 9.47 Å². The normalized spacial score (nSPS) is 14.5. The van der Waals surface area contributed by atoms with Crippen LogP contribution in [0, 0.1) is 0 Å². The number of aromatic nitrogens is 2. The topological polar surface area (TPSA) is 117 Å². The van der Waals surface area contributed by atoms with Crippen molar-refractivity contribution < 1.29 is 24.2 Å². The van der Waals surface area contributed by atoms with Gasteiger partial charge in [-0.1, -0.05) is 13.0 Å². The number of ether oxygens (including phenoxy) is 2. The minimum Gasteiger partial charge on any atom is -0.481 e. The van der Waals surface area contributed by atoms with Gasteiger partial charge in [-0.25, -0.2) is 14.8 Å². The van der Waals surface area contributed by atoms with E-state index in [0.717, 1.165) is 23.4 Å². The molecule has 1 saturated heterocycles. The van der Waals surface area contributed by atoms with Gasteiger partial charge >= 0.3 is 18.1 Å². The molecule has 1 atom stereocenters. The maximum absolute atomic E-state index is 11.8. The maximum Gasteiger partial charge on any atom is 0.409 e. The number of rotatable bonds is 9. The van der Waals surface area contributed by atoms with Crippen molar-refractivity contribution in [2.45, 2.75) is 32.6 Å². The molecule has 0 saturated carbocycles. The summed E-state index contributed by atoms with van der Waals surface area (Å²) in [6.45, 7) is 6.74. The highest BCUT2D eigenvalue weighted by Crippen LogP contribution is 2.34. The van der Waals surface area contributed by atoms with Crippen molar-refractivity contribution in [1.29, 1.82) is 0 Å². The number of hydrogen-bond acceptors (Lipinski definition) is 8. The van der Waals surface area contributed by atoms with E-state index in [0.29, 0.717) is 44.5 Å². The molecule has 10 nitrogen and oxygen atoms in total. The van der Waals surface area contributed by atoms with E-state index in [1.54, 1.807) is 17.3 Å². The summed E-state index contributed by atoms with van der Waals surface area (Å²) >= 11 is 0. The number of carbonyl (C=O) groups is 2. The third kappa shape index (κ3) is 6.24. The third-order valence-electron chi connectivity index (χ3n) is 5.64. The number of methoxy groups -OCH3 is 1. The van der Waals surface area contributed by atoms with E-state index in [1.165, 1.54) is 7.11 Å². The molecule has 2 heterocycles. The fourth-order valence-corrected chi connectivity index (χ4v) is 3.89. The van der Waals surface area contributed by atoms with Gasteiger partial charge in [-0.3, -0.25) is 4.79 Å². The molecule has 1 aromatic carbocycles. The first-order valence-corrected chi connectivity index (χ1v) is 11.1. The molecule has 0 aliphatic carbocycles. The quantitative estimate of drug-likeness (QED) is 0.583. The minimum atomic E-state index is -0.820. The molecule has 33 heavy (non-hydrogen) atoms. The molecule has 10 heteroatoms. The Hall–Kier alpha value is -3.56. The number of anilines is 3. The molecule has 178 valence electrons. The number of aliphatic carboxylic acids is 1. The van der Waals surface area contributed by atoms with Crippen LogP contribution in [0.5, 0.6) is 6.01 Å². The van der Waals surface area contributed by atoms with Gasteiger partial charge < -0.3 is 29.7 Å². The van der Waals surface area contributed by atoms with Crippen LogP contribution in [0.3, 0.4) is 0 Å². The Kier molecular flexibility index (Phi) is 8.28. The monoisotopic (exact) mass is 457 g/mol. The second-order valence-corrected chi connectivity index (χ2v) is 7.74. The van der Waals surface area contributed by atoms with Crippen LogP contribution in [0.15, 0.2) is 30.6 Å². The lowest BCUT2D eigenvalue weighted by Crippen LogP contribution is -2.48. The van der Waals surface area contributed by atoms with Crippen molar-refractivity contribution in [1.82, 2.24) is 14.9 Å². The Balaban J connectivity index is 1.88. The summed E-state index contributed by atoms with van der Waals surface area (Å²) in [6, 6.07) is 6.29. The first-order valence-electron chi connectivity index (χ1n) is 11.1.